The Morgan fingerprint density at radius 1 is 1.53 bits per heavy atom. The van der Waals surface area contributed by atoms with Gasteiger partial charge in [-0.1, -0.05) is 27.5 Å². The van der Waals surface area contributed by atoms with Gasteiger partial charge in [0, 0.05) is 11.0 Å². The highest BCUT2D eigenvalue weighted by atomic mass is 79.9. The Labute approximate surface area is 128 Å². The molecule has 1 unspecified atom stereocenters. The van der Waals surface area contributed by atoms with Gasteiger partial charge in [-0.2, -0.15) is 4.37 Å². The van der Waals surface area contributed by atoms with Crippen LogP contribution in [0.1, 0.15) is 0 Å². The van der Waals surface area contributed by atoms with Crippen molar-refractivity contribution in [2.75, 3.05) is 18.5 Å². The number of hydrogen-bond donors (Lipinski definition) is 2. The van der Waals surface area contributed by atoms with E-state index in [1.54, 1.807) is 6.07 Å². The van der Waals surface area contributed by atoms with E-state index in [4.69, 9.17) is 16.3 Å². The van der Waals surface area contributed by atoms with Gasteiger partial charge in [-0.05, 0) is 18.2 Å². The summed E-state index contributed by atoms with van der Waals surface area (Å²) in [6.45, 7) is 0.470. The predicted octanol–water partition coefficient (Wildman–Crippen LogP) is 2.81. The minimum Gasteiger partial charge on any atom is -0.473 e. The number of rotatable bonds is 6. The van der Waals surface area contributed by atoms with E-state index >= 15 is 0 Å². The van der Waals surface area contributed by atoms with Gasteiger partial charge in [0.25, 0.3) is 0 Å². The van der Waals surface area contributed by atoms with Crippen LogP contribution in [0.15, 0.2) is 28.9 Å². The summed E-state index contributed by atoms with van der Waals surface area (Å²) in [5.74, 6) is 0.421. The van der Waals surface area contributed by atoms with Gasteiger partial charge in [-0.25, -0.2) is 0 Å². The summed E-state index contributed by atoms with van der Waals surface area (Å²) < 4.78 is 13.9. The fourth-order valence-electron chi connectivity index (χ4n) is 1.32. The third-order valence-electron chi connectivity index (χ3n) is 2.22. The first-order valence-electron chi connectivity index (χ1n) is 5.42. The fourth-order valence-corrected chi connectivity index (χ4v) is 2.23. The molecule has 1 aromatic carbocycles. The van der Waals surface area contributed by atoms with Crippen LogP contribution in [-0.4, -0.2) is 33.1 Å². The number of hydrogen-bond acceptors (Lipinski definition) is 6. The molecule has 0 fully saturated rings. The molecule has 1 atom stereocenters. The molecule has 1 heterocycles. The Hall–Kier alpha value is -0.890. The third-order valence-corrected chi connectivity index (χ3v) is 3.51. The van der Waals surface area contributed by atoms with E-state index in [1.807, 2.05) is 12.1 Å². The first kappa shape index (κ1) is 14.5. The molecule has 0 radical (unpaired) electrons. The highest BCUT2D eigenvalue weighted by Gasteiger charge is 2.08. The lowest BCUT2D eigenvalue weighted by atomic mass is 10.3. The van der Waals surface area contributed by atoms with Gasteiger partial charge < -0.3 is 15.2 Å². The molecule has 8 heteroatoms. The van der Waals surface area contributed by atoms with E-state index in [9.17, 15) is 5.11 Å². The Morgan fingerprint density at radius 3 is 3.11 bits per heavy atom. The maximum Gasteiger partial charge on any atom is 0.245 e. The number of nitrogens with one attached hydrogen (secondary N) is 1. The third kappa shape index (κ3) is 4.61. The lowest BCUT2D eigenvalue weighted by Crippen LogP contribution is -2.26. The van der Waals surface area contributed by atoms with Gasteiger partial charge in [-0.15, -0.1) is 4.37 Å². The number of anilines is 1. The van der Waals surface area contributed by atoms with Crippen LogP contribution in [0.5, 0.6) is 5.88 Å². The molecule has 102 valence electrons. The molecule has 0 spiro atoms. The van der Waals surface area contributed by atoms with Crippen LogP contribution < -0.4 is 10.1 Å². The van der Waals surface area contributed by atoms with Gasteiger partial charge in [0.05, 0.1) is 22.4 Å². The number of nitrogens with zero attached hydrogens (tertiary/aromatic N) is 2. The lowest BCUT2D eigenvalue weighted by Gasteiger charge is -2.13. The maximum atomic E-state index is 9.78. The quantitative estimate of drug-likeness (QED) is 0.825. The first-order valence-corrected chi connectivity index (χ1v) is 7.32. The highest BCUT2D eigenvalue weighted by molar-refractivity contribution is 9.10. The van der Waals surface area contributed by atoms with Crippen molar-refractivity contribution in [3.63, 3.8) is 0 Å². The van der Waals surface area contributed by atoms with Crippen molar-refractivity contribution in [2.45, 2.75) is 6.10 Å². The minimum atomic E-state index is -0.670. The average molecular weight is 365 g/mol. The molecule has 0 aliphatic rings. The molecule has 2 N–H and O–H groups in total. The number of aliphatic hydroxyl groups excluding tert-OH is 1. The molecule has 0 saturated carbocycles. The van der Waals surface area contributed by atoms with Crippen molar-refractivity contribution in [1.29, 1.82) is 0 Å². The maximum absolute atomic E-state index is 9.78. The number of benzene rings is 1. The van der Waals surface area contributed by atoms with Gasteiger partial charge in [-0.3, -0.25) is 0 Å². The Morgan fingerprint density at radius 2 is 2.37 bits per heavy atom. The second-order valence-electron chi connectivity index (χ2n) is 3.72. The molecule has 0 saturated heterocycles. The number of ether oxygens (including phenoxy) is 1. The SMILES string of the molecule is OC(CNc1cc(Br)ccc1Cl)COc1cnsn1. The summed E-state index contributed by atoms with van der Waals surface area (Å²) in [6, 6.07) is 5.47. The van der Waals surface area contributed by atoms with Crippen LogP contribution in [0, 0.1) is 0 Å². The van der Waals surface area contributed by atoms with Crippen LogP contribution in [-0.2, 0) is 0 Å². The molecule has 0 aliphatic carbocycles. The van der Waals surface area contributed by atoms with Crippen LogP contribution in [0.3, 0.4) is 0 Å². The second kappa shape index (κ2) is 7.04. The van der Waals surface area contributed by atoms with Gasteiger partial charge in [0.15, 0.2) is 0 Å². The van der Waals surface area contributed by atoms with Crippen LogP contribution in [0.25, 0.3) is 0 Å². The first-order chi connectivity index (χ1) is 9.15. The summed E-state index contributed by atoms with van der Waals surface area (Å²) >= 11 is 10.4. The number of aromatic nitrogens is 2. The van der Waals surface area contributed by atoms with Crippen molar-refractivity contribution < 1.29 is 9.84 Å². The van der Waals surface area contributed by atoms with Crippen molar-refractivity contribution in [3.05, 3.63) is 33.9 Å². The second-order valence-corrected chi connectivity index (χ2v) is 5.60. The molecular formula is C11H11BrClN3O2S. The smallest absolute Gasteiger partial charge is 0.245 e. The summed E-state index contributed by atoms with van der Waals surface area (Å²) in [6.07, 6.45) is 0.840. The molecule has 1 aromatic heterocycles. The molecule has 2 aromatic rings. The summed E-state index contributed by atoms with van der Waals surface area (Å²) in [4.78, 5) is 0. The molecule has 2 rings (SSSR count). The number of halogens is 2. The molecule has 0 amide bonds. The van der Waals surface area contributed by atoms with E-state index in [-0.39, 0.29) is 6.61 Å². The summed E-state index contributed by atoms with van der Waals surface area (Å²) in [5.41, 5.74) is 0.755. The van der Waals surface area contributed by atoms with Crippen LogP contribution >= 0.6 is 39.3 Å². The monoisotopic (exact) mass is 363 g/mol. The molecular weight excluding hydrogens is 354 g/mol. The van der Waals surface area contributed by atoms with E-state index < -0.39 is 6.10 Å². The molecule has 19 heavy (non-hydrogen) atoms. The van der Waals surface area contributed by atoms with Gasteiger partial charge >= 0.3 is 0 Å². The summed E-state index contributed by atoms with van der Waals surface area (Å²) in [5, 5.41) is 13.4. The van der Waals surface area contributed by atoms with E-state index in [2.05, 4.69) is 30.0 Å². The fraction of sp³-hybridized carbons (Fsp3) is 0.273. The topological polar surface area (TPSA) is 67.3 Å². The average Bonchev–Trinajstić information content (AvgIpc) is 2.90. The zero-order chi connectivity index (χ0) is 13.7. The van der Waals surface area contributed by atoms with Crippen molar-refractivity contribution in [2.24, 2.45) is 0 Å². The van der Waals surface area contributed by atoms with E-state index in [1.165, 1.54) is 6.20 Å². The predicted molar refractivity (Wildman–Crippen MR) is 79.1 cm³/mol. The van der Waals surface area contributed by atoms with Crippen molar-refractivity contribution in [1.82, 2.24) is 8.75 Å². The van der Waals surface area contributed by atoms with Crippen LogP contribution in [0.2, 0.25) is 5.02 Å². The lowest BCUT2D eigenvalue weighted by molar-refractivity contribution is 0.115. The zero-order valence-corrected chi connectivity index (χ0v) is 12.9. The summed E-state index contributed by atoms with van der Waals surface area (Å²) in [7, 11) is 0. The minimum absolute atomic E-state index is 0.143. The standard InChI is InChI=1S/C11H11BrClN3O2S/c12-7-1-2-9(13)10(3-7)14-4-8(17)6-18-11-5-15-19-16-11/h1-3,5,8,14,17H,4,6H2. The van der Waals surface area contributed by atoms with Crippen molar-refractivity contribution >= 4 is 44.9 Å². The largest absolute Gasteiger partial charge is 0.473 e. The Kier molecular flexibility index (Phi) is 5.38. The van der Waals surface area contributed by atoms with Crippen LogP contribution in [0.4, 0.5) is 5.69 Å². The zero-order valence-electron chi connectivity index (χ0n) is 9.72. The Bertz CT molecular complexity index is 527. The molecule has 0 aliphatic heterocycles. The van der Waals surface area contributed by atoms with Gasteiger partial charge in [0.1, 0.15) is 18.9 Å². The van der Waals surface area contributed by atoms with E-state index in [0.717, 1.165) is 21.9 Å². The molecule has 0 bridgehead atoms. The molecule has 5 nitrogen and oxygen atoms in total. The van der Waals surface area contributed by atoms with E-state index in [0.29, 0.717) is 17.4 Å². The normalized spacial score (nSPS) is 12.2. The van der Waals surface area contributed by atoms with Crippen molar-refractivity contribution in [3.8, 4) is 5.88 Å². The van der Waals surface area contributed by atoms with Gasteiger partial charge in [0.2, 0.25) is 5.88 Å². The highest BCUT2D eigenvalue weighted by Crippen LogP contribution is 2.25. The Balaban J connectivity index is 1.79. The number of aliphatic hydroxyl groups is 1.